The van der Waals surface area contributed by atoms with Crippen molar-refractivity contribution in [3.63, 3.8) is 0 Å². The Bertz CT molecular complexity index is 290. The van der Waals surface area contributed by atoms with Gasteiger partial charge >= 0.3 is 0 Å². The Morgan fingerprint density at radius 2 is 1.86 bits per heavy atom. The van der Waals surface area contributed by atoms with Crippen LogP contribution < -0.4 is 10.6 Å². The van der Waals surface area contributed by atoms with Crippen LogP contribution in [0.25, 0.3) is 0 Å². The predicted octanol–water partition coefficient (Wildman–Crippen LogP) is 3.47. The summed E-state index contributed by atoms with van der Waals surface area (Å²) in [6.45, 7) is 11.6. The molecule has 1 aliphatic heterocycles. The number of nitrogens with zero attached hydrogens (tertiary/aromatic N) is 2. The number of hydrogen-bond acceptors (Lipinski definition) is 2. The fraction of sp³-hybridized carbons (Fsp3) is 0.941. The van der Waals surface area contributed by atoms with Gasteiger partial charge in [-0.1, -0.05) is 33.1 Å². The first kappa shape index (κ1) is 22.0. The van der Waals surface area contributed by atoms with Crippen molar-refractivity contribution in [3.8, 4) is 0 Å². The molecule has 1 fully saturated rings. The van der Waals surface area contributed by atoms with Gasteiger partial charge in [-0.25, -0.2) is 0 Å². The smallest absolute Gasteiger partial charge is 0.191 e. The normalized spacial score (nSPS) is 18.6. The molecule has 1 rings (SSSR count). The summed E-state index contributed by atoms with van der Waals surface area (Å²) < 4.78 is 0. The lowest BCUT2D eigenvalue weighted by Gasteiger charge is -2.23. The highest BCUT2D eigenvalue weighted by molar-refractivity contribution is 14.0. The van der Waals surface area contributed by atoms with Crippen LogP contribution in [-0.2, 0) is 0 Å². The van der Waals surface area contributed by atoms with Gasteiger partial charge in [-0.2, -0.15) is 0 Å². The van der Waals surface area contributed by atoms with Gasteiger partial charge in [0.2, 0.25) is 0 Å². The SMILES string of the molecule is CCCCCC(C)NC(=NC)NCC(C)CN1CCCC1.I. The lowest BCUT2D eigenvalue weighted by molar-refractivity contribution is 0.287. The number of rotatable bonds is 9. The molecule has 0 aliphatic carbocycles. The van der Waals surface area contributed by atoms with E-state index in [1.807, 2.05) is 7.05 Å². The minimum absolute atomic E-state index is 0. The Kier molecular flexibility index (Phi) is 13.4. The van der Waals surface area contributed by atoms with Crippen LogP contribution in [0, 0.1) is 5.92 Å². The Labute approximate surface area is 154 Å². The molecular weight excluding hydrogens is 387 g/mol. The van der Waals surface area contributed by atoms with E-state index in [9.17, 15) is 0 Å². The summed E-state index contributed by atoms with van der Waals surface area (Å²) in [5, 5.41) is 6.98. The molecule has 0 spiro atoms. The highest BCUT2D eigenvalue weighted by Crippen LogP contribution is 2.09. The lowest BCUT2D eigenvalue weighted by atomic mass is 10.1. The maximum Gasteiger partial charge on any atom is 0.191 e. The van der Waals surface area contributed by atoms with E-state index in [-0.39, 0.29) is 24.0 Å². The molecule has 0 saturated carbocycles. The Morgan fingerprint density at radius 1 is 1.18 bits per heavy atom. The van der Waals surface area contributed by atoms with Gasteiger partial charge in [-0.15, -0.1) is 24.0 Å². The number of likely N-dealkylation sites (tertiary alicyclic amines) is 1. The zero-order valence-electron chi connectivity index (χ0n) is 15.0. The van der Waals surface area contributed by atoms with Crippen molar-refractivity contribution in [1.82, 2.24) is 15.5 Å². The van der Waals surface area contributed by atoms with Crippen LogP contribution in [0.2, 0.25) is 0 Å². The maximum absolute atomic E-state index is 4.34. The largest absolute Gasteiger partial charge is 0.356 e. The van der Waals surface area contributed by atoms with Crippen LogP contribution >= 0.6 is 24.0 Å². The molecule has 0 bridgehead atoms. The average molecular weight is 424 g/mol. The van der Waals surface area contributed by atoms with Crippen molar-refractivity contribution in [2.45, 2.75) is 65.3 Å². The van der Waals surface area contributed by atoms with E-state index in [0.717, 1.165) is 12.5 Å². The van der Waals surface area contributed by atoms with Crippen molar-refractivity contribution in [3.05, 3.63) is 0 Å². The summed E-state index contributed by atoms with van der Waals surface area (Å²) in [6, 6.07) is 0.497. The molecular formula is C17H37IN4. The summed E-state index contributed by atoms with van der Waals surface area (Å²) in [6.07, 6.45) is 7.88. The van der Waals surface area contributed by atoms with Gasteiger partial charge < -0.3 is 15.5 Å². The number of hydrogen-bond donors (Lipinski definition) is 2. The highest BCUT2D eigenvalue weighted by atomic mass is 127. The van der Waals surface area contributed by atoms with Gasteiger partial charge in [0.25, 0.3) is 0 Å². The van der Waals surface area contributed by atoms with E-state index < -0.39 is 0 Å². The first-order valence-electron chi connectivity index (χ1n) is 8.85. The molecule has 1 aliphatic rings. The maximum atomic E-state index is 4.34. The second-order valence-electron chi connectivity index (χ2n) is 6.61. The molecule has 4 nitrogen and oxygen atoms in total. The van der Waals surface area contributed by atoms with E-state index >= 15 is 0 Å². The molecule has 0 aromatic rings. The molecule has 1 heterocycles. The fourth-order valence-electron chi connectivity index (χ4n) is 2.94. The monoisotopic (exact) mass is 424 g/mol. The Morgan fingerprint density at radius 3 is 2.45 bits per heavy atom. The van der Waals surface area contributed by atoms with Crippen molar-refractivity contribution < 1.29 is 0 Å². The zero-order chi connectivity index (χ0) is 15.5. The number of halogens is 1. The lowest BCUT2D eigenvalue weighted by Crippen LogP contribution is -2.44. The summed E-state index contributed by atoms with van der Waals surface area (Å²) in [5.41, 5.74) is 0. The average Bonchev–Trinajstić information content (AvgIpc) is 2.96. The van der Waals surface area contributed by atoms with Gasteiger partial charge in [0.1, 0.15) is 0 Å². The van der Waals surface area contributed by atoms with Crippen LogP contribution in [0.3, 0.4) is 0 Å². The van der Waals surface area contributed by atoms with Gasteiger partial charge in [0, 0.05) is 26.2 Å². The van der Waals surface area contributed by atoms with Gasteiger partial charge in [-0.3, -0.25) is 4.99 Å². The third-order valence-corrected chi connectivity index (χ3v) is 4.23. The fourth-order valence-corrected chi connectivity index (χ4v) is 2.94. The molecule has 0 amide bonds. The highest BCUT2D eigenvalue weighted by Gasteiger charge is 2.15. The summed E-state index contributed by atoms with van der Waals surface area (Å²) in [5.74, 6) is 1.62. The standard InChI is InChI=1S/C17H36N4.HI/c1-5-6-7-10-16(3)20-17(18-4)19-13-15(2)14-21-11-8-9-12-21;/h15-16H,5-14H2,1-4H3,(H2,18,19,20);1H. The van der Waals surface area contributed by atoms with Crippen molar-refractivity contribution in [2.24, 2.45) is 10.9 Å². The van der Waals surface area contributed by atoms with Gasteiger partial charge in [0.15, 0.2) is 5.96 Å². The van der Waals surface area contributed by atoms with Crippen molar-refractivity contribution >= 4 is 29.9 Å². The third-order valence-electron chi connectivity index (χ3n) is 4.23. The topological polar surface area (TPSA) is 39.7 Å². The molecule has 1 saturated heterocycles. The molecule has 0 aromatic heterocycles. The summed E-state index contributed by atoms with van der Waals surface area (Å²) in [4.78, 5) is 6.92. The summed E-state index contributed by atoms with van der Waals surface area (Å²) >= 11 is 0. The second kappa shape index (κ2) is 13.4. The molecule has 2 unspecified atom stereocenters. The number of aliphatic imine (C=N–C) groups is 1. The van der Waals surface area contributed by atoms with Crippen molar-refractivity contribution in [2.75, 3.05) is 33.2 Å². The first-order chi connectivity index (χ1) is 10.2. The van der Waals surface area contributed by atoms with Crippen LogP contribution in [0.1, 0.15) is 59.3 Å². The quantitative estimate of drug-likeness (QED) is 0.258. The molecule has 22 heavy (non-hydrogen) atoms. The van der Waals surface area contributed by atoms with E-state index in [1.165, 1.54) is 58.2 Å². The van der Waals surface area contributed by atoms with Gasteiger partial charge in [-0.05, 0) is 45.2 Å². The van der Waals surface area contributed by atoms with Gasteiger partial charge in [0.05, 0.1) is 0 Å². The minimum atomic E-state index is 0. The molecule has 0 aromatic carbocycles. The zero-order valence-corrected chi connectivity index (χ0v) is 17.4. The molecule has 2 N–H and O–H groups in total. The van der Waals surface area contributed by atoms with Crippen LogP contribution in [-0.4, -0.2) is 50.1 Å². The van der Waals surface area contributed by atoms with Crippen LogP contribution in [0.4, 0.5) is 0 Å². The number of guanidine groups is 1. The van der Waals surface area contributed by atoms with E-state index in [1.54, 1.807) is 0 Å². The van der Waals surface area contributed by atoms with Crippen LogP contribution in [0.5, 0.6) is 0 Å². The predicted molar refractivity (Wildman–Crippen MR) is 108 cm³/mol. The van der Waals surface area contributed by atoms with Crippen LogP contribution in [0.15, 0.2) is 4.99 Å². The van der Waals surface area contributed by atoms with E-state index in [0.29, 0.717) is 12.0 Å². The van der Waals surface area contributed by atoms with E-state index in [4.69, 9.17) is 0 Å². The number of unbranched alkanes of at least 4 members (excludes halogenated alkanes) is 2. The molecule has 0 radical (unpaired) electrons. The first-order valence-corrected chi connectivity index (χ1v) is 8.85. The second-order valence-corrected chi connectivity index (χ2v) is 6.61. The van der Waals surface area contributed by atoms with E-state index in [2.05, 4.69) is 41.3 Å². The molecule has 5 heteroatoms. The Hall–Kier alpha value is -0.0400. The molecule has 2 atom stereocenters. The Balaban J connectivity index is 0.00000441. The minimum Gasteiger partial charge on any atom is -0.356 e. The van der Waals surface area contributed by atoms with Crippen molar-refractivity contribution in [1.29, 1.82) is 0 Å². The third kappa shape index (κ3) is 9.87. The number of nitrogens with one attached hydrogen (secondary N) is 2. The summed E-state index contributed by atoms with van der Waals surface area (Å²) in [7, 11) is 1.86. The molecule has 132 valence electrons.